The molecule has 6 heteroatoms. The first kappa shape index (κ1) is 15.6. The summed E-state index contributed by atoms with van der Waals surface area (Å²) < 4.78 is 7.50. The van der Waals surface area contributed by atoms with Gasteiger partial charge in [-0.05, 0) is 49.9 Å². The van der Waals surface area contributed by atoms with Gasteiger partial charge in [-0.1, -0.05) is 6.07 Å². The molecular weight excluding hydrogens is 310 g/mol. The molecule has 3 aromatic heterocycles. The van der Waals surface area contributed by atoms with Crippen molar-refractivity contribution in [1.29, 1.82) is 0 Å². The zero-order valence-electron chi connectivity index (χ0n) is 13.2. The highest BCUT2D eigenvalue weighted by molar-refractivity contribution is 7.09. The summed E-state index contributed by atoms with van der Waals surface area (Å²) in [6.07, 6.45) is 0.836. The third kappa shape index (κ3) is 3.90. The Morgan fingerprint density at radius 3 is 2.91 bits per heavy atom. The van der Waals surface area contributed by atoms with Crippen LogP contribution in [0.1, 0.15) is 32.6 Å². The minimum atomic E-state index is -0.179. The number of furan rings is 1. The van der Waals surface area contributed by atoms with Crippen LogP contribution in [0.3, 0.4) is 0 Å². The molecule has 0 saturated carbocycles. The van der Waals surface area contributed by atoms with E-state index in [-0.39, 0.29) is 5.91 Å². The maximum atomic E-state index is 12.1. The van der Waals surface area contributed by atoms with Crippen LogP contribution in [0, 0.1) is 13.8 Å². The van der Waals surface area contributed by atoms with Gasteiger partial charge in [0.2, 0.25) is 0 Å². The minimum Gasteiger partial charge on any atom is -0.454 e. The summed E-state index contributed by atoms with van der Waals surface area (Å²) in [6, 6.07) is 9.63. The van der Waals surface area contributed by atoms with E-state index in [0.29, 0.717) is 18.8 Å². The van der Waals surface area contributed by atoms with Crippen molar-refractivity contribution < 1.29 is 9.21 Å². The lowest BCUT2D eigenvalue weighted by Gasteiger charge is -2.03. The molecule has 0 aliphatic rings. The molecule has 0 aliphatic heterocycles. The molecule has 0 atom stereocenters. The number of amides is 1. The van der Waals surface area contributed by atoms with Crippen LogP contribution < -0.4 is 5.32 Å². The Kier molecular flexibility index (Phi) is 4.62. The van der Waals surface area contributed by atoms with E-state index in [9.17, 15) is 4.79 Å². The van der Waals surface area contributed by atoms with Gasteiger partial charge < -0.3 is 9.73 Å². The topological polar surface area (TPSA) is 60.1 Å². The van der Waals surface area contributed by atoms with Crippen LogP contribution in [-0.4, -0.2) is 22.2 Å². The van der Waals surface area contributed by atoms with Gasteiger partial charge in [-0.2, -0.15) is 5.10 Å². The Morgan fingerprint density at radius 1 is 1.35 bits per heavy atom. The standard InChI is InChI=1S/C17H19N3O2S/c1-12-10-13(2)20(19-12)11-14-5-6-16(22-14)17(21)18-8-7-15-4-3-9-23-15/h3-6,9-10H,7-8,11H2,1-2H3,(H,18,21). The maximum absolute atomic E-state index is 12.1. The Balaban J connectivity index is 1.55. The van der Waals surface area contributed by atoms with Gasteiger partial charge in [-0.15, -0.1) is 11.3 Å². The first-order valence-corrected chi connectivity index (χ1v) is 8.40. The number of aromatic nitrogens is 2. The van der Waals surface area contributed by atoms with Crippen LogP contribution in [0.5, 0.6) is 0 Å². The third-order valence-electron chi connectivity index (χ3n) is 3.53. The Labute approximate surface area is 138 Å². The van der Waals surface area contributed by atoms with Crippen LogP contribution >= 0.6 is 11.3 Å². The van der Waals surface area contributed by atoms with Gasteiger partial charge in [-0.3, -0.25) is 9.48 Å². The fraction of sp³-hybridized carbons (Fsp3) is 0.294. The molecule has 23 heavy (non-hydrogen) atoms. The van der Waals surface area contributed by atoms with E-state index in [1.165, 1.54) is 4.88 Å². The second-order valence-corrected chi connectivity index (χ2v) is 6.47. The fourth-order valence-electron chi connectivity index (χ4n) is 2.41. The second-order valence-electron chi connectivity index (χ2n) is 5.44. The molecule has 0 saturated heterocycles. The Morgan fingerprint density at radius 2 is 2.22 bits per heavy atom. The third-order valence-corrected chi connectivity index (χ3v) is 4.47. The van der Waals surface area contributed by atoms with Crippen molar-refractivity contribution >= 4 is 17.2 Å². The van der Waals surface area contributed by atoms with Crippen LogP contribution in [0.2, 0.25) is 0 Å². The fourth-order valence-corrected chi connectivity index (χ4v) is 3.12. The van der Waals surface area contributed by atoms with Crippen LogP contribution in [0.25, 0.3) is 0 Å². The molecule has 3 rings (SSSR count). The molecule has 0 radical (unpaired) electrons. The van der Waals surface area contributed by atoms with E-state index in [2.05, 4.69) is 16.5 Å². The molecule has 120 valence electrons. The number of rotatable bonds is 6. The van der Waals surface area contributed by atoms with E-state index in [0.717, 1.165) is 23.6 Å². The van der Waals surface area contributed by atoms with Crippen molar-refractivity contribution in [2.75, 3.05) is 6.54 Å². The molecule has 3 heterocycles. The van der Waals surface area contributed by atoms with Crippen molar-refractivity contribution in [2.24, 2.45) is 0 Å². The quantitative estimate of drug-likeness (QED) is 0.755. The lowest BCUT2D eigenvalue weighted by Crippen LogP contribution is -2.25. The summed E-state index contributed by atoms with van der Waals surface area (Å²) in [5, 5.41) is 9.31. The Hall–Kier alpha value is -2.34. The summed E-state index contributed by atoms with van der Waals surface area (Å²) >= 11 is 1.69. The maximum Gasteiger partial charge on any atom is 0.287 e. The lowest BCUT2D eigenvalue weighted by molar-refractivity contribution is 0.0924. The van der Waals surface area contributed by atoms with Crippen molar-refractivity contribution in [3.05, 3.63) is 63.5 Å². The molecule has 0 aromatic carbocycles. The van der Waals surface area contributed by atoms with Gasteiger partial charge in [-0.25, -0.2) is 0 Å². The number of carbonyl (C=O) groups is 1. The first-order valence-electron chi connectivity index (χ1n) is 7.52. The molecular formula is C17H19N3O2S. The highest BCUT2D eigenvalue weighted by Gasteiger charge is 2.12. The van der Waals surface area contributed by atoms with Crippen molar-refractivity contribution in [3.8, 4) is 0 Å². The average molecular weight is 329 g/mol. The number of hydrogen-bond acceptors (Lipinski definition) is 4. The molecule has 3 aromatic rings. The molecule has 0 unspecified atom stereocenters. The van der Waals surface area contributed by atoms with Crippen molar-refractivity contribution in [2.45, 2.75) is 26.8 Å². The van der Waals surface area contributed by atoms with Crippen molar-refractivity contribution in [1.82, 2.24) is 15.1 Å². The van der Waals surface area contributed by atoms with Gasteiger partial charge in [0.05, 0.1) is 12.2 Å². The molecule has 1 N–H and O–H groups in total. The SMILES string of the molecule is Cc1cc(C)n(Cc2ccc(C(=O)NCCc3cccs3)o2)n1. The zero-order chi connectivity index (χ0) is 16.2. The van der Waals surface area contributed by atoms with E-state index in [1.807, 2.05) is 42.1 Å². The molecule has 1 amide bonds. The normalized spacial score (nSPS) is 10.9. The first-order chi connectivity index (χ1) is 11.1. The van der Waals surface area contributed by atoms with E-state index >= 15 is 0 Å². The summed E-state index contributed by atoms with van der Waals surface area (Å²) in [4.78, 5) is 13.3. The summed E-state index contributed by atoms with van der Waals surface area (Å²) in [7, 11) is 0. The van der Waals surface area contributed by atoms with Gasteiger partial charge in [0.15, 0.2) is 5.76 Å². The zero-order valence-corrected chi connectivity index (χ0v) is 14.0. The van der Waals surface area contributed by atoms with Crippen LogP contribution in [-0.2, 0) is 13.0 Å². The number of hydrogen-bond donors (Lipinski definition) is 1. The number of nitrogens with zero attached hydrogens (tertiary/aromatic N) is 2. The van der Waals surface area contributed by atoms with E-state index in [1.54, 1.807) is 17.4 Å². The number of aryl methyl sites for hydroxylation is 2. The van der Waals surface area contributed by atoms with Crippen LogP contribution in [0.15, 0.2) is 40.1 Å². The van der Waals surface area contributed by atoms with Gasteiger partial charge in [0, 0.05) is 17.1 Å². The monoisotopic (exact) mass is 329 g/mol. The van der Waals surface area contributed by atoms with Gasteiger partial charge in [0.1, 0.15) is 5.76 Å². The number of carbonyl (C=O) groups excluding carboxylic acids is 1. The predicted molar refractivity (Wildman–Crippen MR) is 89.9 cm³/mol. The largest absolute Gasteiger partial charge is 0.454 e. The highest BCUT2D eigenvalue weighted by atomic mass is 32.1. The number of nitrogens with one attached hydrogen (secondary N) is 1. The van der Waals surface area contributed by atoms with Gasteiger partial charge in [0.25, 0.3) is 5.91 Å². The average Bonchev–Trinajstić information content (AvgIpc) is 3.22. The van der Waals surface area contributed by atoms with Crippen molar-refractivity contribution in [3.63, 3.8) is 0 Å². The molecule has 0 fully saturated rings. The predicted octanol–water partition coefficient (Wildman–Crippen LogP) is 3.18. The molecule has 5 nitrogen and oxygen atoms in total. The molecule has 0 bridgehead atoms. The smallest absolute Gasteiger partial charge is 0.287 e. The second kappa shape index (κ2) is 6.83. The molecule has 0 spiro atoms. The van der Waals surface area contributed by atoms with Crippen LogP contribution in [0.4, 0.5) is 0 Å². The summed E-state index contributed by atoms with van der Waals surface area (Å²) in [5.74, 6) is 0.883. The Bertz CT molecular complexity index is 787. The lowest BCUT2D eigenvalue weighted by atomic mass is 10.3. The van der Waals surface area contributed by atoms with E-state index in [4.69, 9.17) is 4.42 Å². The highest BCUT2D eigenvalue weighted by Crippen LogP contribution is 2.12. The molecule has 0 aliphatic carbocycles. The number of thiophene rings is 1. The summed E-state index contributed by atoms with van der Waals surface area (Å²) in [5.41, 5.74) is 2.04. The van der Waals surface area contributed by atoms with E-state index < -0.39 is 0 Å². The van der Waals surface area contributed by atoms with Gasteiger partial charge >= 0.3 is 0 Å². The summed E-state index contributed by atoms with van der Waals surface area (Å²) in [6.45, 7) is 5.09. The minimum absolute atomic E-state index is 0.179.